The highest BCUT2D eigenvalue weighted by Gasteiger charge is 2.37. The fourth-order valence-corrected chi connectivity index (χ4v) is 4.54. The number of hydrogen-bond acceptors (Lipinski definition) is 9. The van der Waals surface area contributed by atoms with Crippen LogP contribution in [0.2, 0.25) is 0 Å². The molecule has 0 radical (unpaired) electrons. The molecule has 2 aromatic rings. The molecule has 0 unspecified atom stereocenters. The number of carbonyl (C=O) groups excluding carboxylic acids is 3. The van der Waals surface area contributed by atoms with Crippen LogP contribution in [-0.4, -0.2) is 71.7 Å². The van der Waals surface area contributed by atoms with Gasteiger partial charge in [-0.25, -0.2) is 0 Å². The van der Waals surface area contributed by atoms with Crippen molar-refractivity contribution >= 4 is 40.6 Å². The zero-order valence-electron chi connectivity index (χ0n) is 19.4. The summed E-state index contributed by atoms with van der Waals surface area (Å²) in [4.78, 5) is 51.3. The predicted octanol–water partition coefficient (Wildman–Crippen LogP) is 3.08. The molecule has 2 aliphatic heterocycles. The minimum absolute atomic E-state index is 0.0621. The second-order valence-corrected chi connectivity index (χ2v) is 8.84. The molecule has 0 saturated carbocycles. The number of nitro benzene ring substituents is 1. The summed E-state index contributed by atoms with van der Waals surface area (Å²) >= 11 is 0.753. The summed E-state index contributed by atoms with van der Waals surface area (Å²) in [5.41, 5.74) is 0.882. The lowest BCUT2D eigenvalue weighted by Gasteiger charge is -2.28. The van der Waals surface area contributed by atoms with Crippen molar-refractivity contribution in [3.63, 3.8) is 0 Å². The van der Waals surface area contributed by atoms with Gasteiger partial charge in [-0.1, -0.05) is 18.2 Å². The molecule has 2 heterocycles. The zero-order chi connectivity index (χ0) is 25.7. The maximum Gasteiger partial charge on any atom is 0.294 e. The van der Waals surface area contributed by atoms with E-state index >= 15 is 0 Å². The van der Waals surface area contributed by atoms with Crippen LogP contribution in [0.15, 0.2) is 47.4 Å². The van der Waals surface area contributed by atoms with E-state index in [-0.39, 0.29) is 29.7 Å². The molecule has 2 aromatic carbocycles. The molecule has 188 valence electrons. The van der Waals surface area contributed by atoms with Crippen molar-refractivity contribution in [2.75, 3.05) is 40.0 Å². The monoisotopic (exact) mass is 513 g/mol. The Hall–Kier alpha value is -3.90. The average Bonchev–Trinajstić information content (AvgIpc) is 3.15. The Morgan fingerprint density at radius 1 is 1.17 bits per heavy atom. The Morgan fingerprint density at radius 3 is 2.64 bits per heavy atom. The highest BCUT2D eigenvalue weighted by Crippen LogP contribution is 2.35. The van der Waals surface area contributed by atoms with Crippen molar-refractivity contribution in [3.8, 4) is 11.5 Å². The van der Waals surface area contributed by atoms with Crippen molar-refractivity contribution in [2.24, 2.45) is 0 Å². The van der Waals surface area contributed by atoms with Gasteiger partial charge in [0.05, 0.1) is 35.7 Å². The van der Waals surface area contributed by atoms with E-state index < -0.39 is 16.1 Å². The number of nitrogens with zero attached hydrogens (tertiary/aromatic N) is 3. The number of thioether (sulfide) groups is 1. The van der Waals surface area contributed by atoms with E-state index in [2.05, 4.69) is 0 Å². The number of morpholine rings is 1. The van der Waals surface area contributed by atoms with Gasteiger partial charge >= 0.3 is 0 Å². The minimum Gasteiger partial charge on any atom is -0.493 e. The topological polar surface area (TPSA) is 129 Å². The highest BCUT2D eigenvalue weighted by molar-refractivity contribution is 8.18. The second kappa shape index (κ2) is 11.2. The summed E-state index contributed by atoms with van der Waals surface area (Å²) in [6.07, 6.45) is 1.53. The van der Waals surface area contributed by atoms with Gasteiger partial charge in [0, 0.05) is 19.2 Å². The van der Waals surface area contributed by atoms with E-state index in [0.717, 1.165) is 16.7 Å². The van der Waals surface area contributed by atoms with E-state index in [4.69, 9.17) is 14.2 Å². The van der Waals surface area contributed by atoms with Gasteiger partial charge < -0.3 is 19.1 Å². The van der Waals surface area contributed by atoms with Crippen molar-refractivity contribution in [2.45, 2.75) is 6.61 Å². The highest BCUT2D eigenvalue weighted by atomic mass is 32.2. The molecule has 2 aliphatic rings. The molecule has 12 heteroatoms. The molecule has 4 rings (SSSR count). The first-order valence-electron chi connectivity index (χ1n) is 11.0. The number of hydrogen-bond donors (Lipinski definition) is 0. The lowest BCUT2D eigenvalue weighted by molar-refractivity contribution is -0.385. The Kier molecular flexibility index (Phi) is 7.86. The van der Waals surface area contributed by atoms with Crippen molar-refractivity contribution in [1.82, 2.24) is 9.80 Å². The molecule has 0 spiro atoms. The molecule has 36 heavy (non-hydrogen) atoms. The number of imide groups is 1. The third-order valence-electron chi connectivity index (χ3n) is 5.59. The van der Waals surface area contributed by atoms with E-state index in [9.17, 15) is 24.5 Å². The SMILES string of the molecule is COc1ccc(/C=C2\SC(=O)N(CC(=O)N3CCOCC3)C2=O)cc1OCc1ccccc1[N+](=O)[O-]. The molecule has 0 bridgehead atoms. The van der Waals surface area contributed by atoms with Crippen LogP contribution in [0.25, 0.3) is 6.08 Å². The molecule has 0 N–H and O–H groups in total. The summed E-state index contributed by atoms with van der Waals surface area (Å²) in [6, 6.07) is 11.2. The summed E-state index contributed by atoms with van der Waals surface area (Å²) < 4.78 is 16.4. The van der Waals surface area contributed by atoms with Crippen LogP contribution in [0.1, 0.15) is 11.1 Å². The fraction of sp³-hybridized carbons (Fsp3) is 0.292. The number of ether oxygens (including phenoxy) is 3. The first-order valence-corrected chi connectivity index (χ1v) is 11.8. The lowest BCUT2D eigenvalue weighted by atomic mass is 10.1. The number of methoxy groups -OCH3 is 1. The largest absolute Gasteiger partial charge is 0.493 e. The zero-order valence-corrected chi connectivity index (χ0v) is 20.2. The molecular formula is C24H23N3O8S. The number of nitro groups is 1. The smallest absolute Gasteiger partial charge is 0.294 e. The van der Waals surface area contributed by atoms with E-state index in [1.807, 2.05) is 0 Å². The van der Waals surface area contributed by atoms with Gasteiger partial charge in [0.25, 0.3) is 16.8 Å². The van der Waals surface area contributed by atoms with Crippen molar-refractivity contribution in [3.05, 3.63) is 68.6 Å². The normalized spacial score (nSPS) is 17.0. The Morgan fingerprint density at radius 2 is 1.92 bits per heavy atom. The second-order valence-electron chi connectivity index (χ2n) is 7.85. The summed E-state index contributed by atoms with van der Waals surface area (Å²) in [7, 11) is 1.46. The van der Waals surface area contributed by atoms with E-state index in [1.165, 1.54) is 19.3 Å². The van der Waals surface area contributed by atoms with E-state index in [1.54, 1.807) is 41.3 Å². The Balaban J connectivity index is 1.49. The first kappa shape index (κ1) is 25.2. The molecule has 0 aliphatic carbocycles. The van der Waals surface area contributed by atoms with E-state index in [0.29, 0.717) is 48.9 Å². The first-order chi connectivity index (χ1) is 17.4. The van der Waals surface area contributed by atoms with Crippen LogP contribution in [0.3, 0.4) is 0 Å². The maximum absolute atomic E-state index is 12.9. The standard InChI is InChI=1S/C24H23N3O8S/c1-33-19-7-6-16(12-20(19)35-15-17-4-2-3-5-18(17)27(31)32)13-21-23(29)26(24(30)36-21)14-22(28)25-8-10-34-11-9-25/h2-7,12-13H,8-11,14-15H2,1H3/b21-13-. The molecule has 0 aromatic heterocycles. The van der Waals surface area contributed by atoms with Crippen LogP contribution in [0, 0.1) is 10.1 Å². The van der Waals surface area contributed by atoms with Crippen molar-refractivity contribution < 1.29 is 33.5 Å². The number of para-hydroxylation sites is 1. The third kappa shape index (κ3) is 5.66. The number of benzene rings is 2. The van der Waals surface area contributed by atoms with Crippen LogP contribution in [0.4, 0.5) is 10.5 Å². The maximum atomic E-state index is 12.9. The van der Waals surface area contributed by atoms with Crippen molar-refractivity contribution in [1.29, 1.82) is 0 Å². The van der Waals surface area contributed by atoms with Gasteiger partial charge in [-0.05, 0) is 41.6 Å². The van der Waals surface area contributed by atoms with Gasteiger partial charge in [-0.3, -0.25) is 29.4 Å². The van der Waals surface area contributed by atoms with Gasteiger partial charge in [0.2, 0.25) is 5.91 Å². The van der Waals surface area contributed by atoms with Gasteiger partial charge in [0.1, 0.15) is 13.2 Å². The summed E-state index contributed by atoms with van der Waals surface area (Å²) in [5.74, 6) is -0.150. The van der Waals surface area contributed by atoms with Gasteiger partial charge in [-0.15, -0.1) is 0 Å². The molecule has 11 nitrogen and oxygen atoms in total. The molecule has 3 amide bonds. The number of carbonyl (C=O) groups is 3. The minimum atomic E-state index is -0.551. The van der Waals surface area contributed by atoms with Crippen LogP contribution >= 0.6 is 11.8 Å². The molecular weight excluding hydrogens is 490 g/mol. The van der Waals surface area contributed by atoms with Crippen LogP contribution in [0.5, 0.6) is 11.5 Å². The molecule has 2 saturated heterocycles. The summed E-state index contributed by atoms with van der Waals surface area (Å²) in [5, 5.41) is 10.7. The Bertz CT molecular complexity index is 1230. The van der Waals surface area contributed by atoms with Gasteiger partial charge in [0.15, 0.2) is 11.5 Å². The molecule has 0 atom stereocenters. The lowest BCUT2D eigenvalue weighted by Crippen LogP contribution is -2.46. The number of amides is 3. The molecule has 2 fully saturated rings. The van der Waals surface area contributed by atoms with Gasteiger partial charge in [-0.2, -0.15) is 0 Å². The number of rotatable bonds is 8. The predicted molar refractivity (Wildman–Crippen MR) is 130 cm³/mol. The Labute approximate surface area is 210 Å². The van der Waals surface area contributed by atoms with Crippen LogP contribution in [-0.2, 0) is 20.9 Å². The quantitative estimate of drug-likeness (QED) is 0.297. The fourth-order valence-electron chi connectivity index (χ4n) is 3.70. The third-order valence-corrected chi connectivity index (χ3v) is 6.50. The summed E-state index contributed by atoms with van der Waals surface area (Å²) in [6.45, 7) is 1.29. The van der Waals surface area contributed by atoms with Crippen LogP contribution < -0.4 is 9.47 Å². The average molecular weight is 514 g/mol.